The molecule has 0 bridgehead atoms. The van der Waals surface area contributed by atoms with Gasteiger partial charge in [0.25, 0.3) is 0 Å². The molecule has 0 fully saturated rings. The summed E-state index contributed by atoms with van der Waals surface area (Å²) in [7, 11) is 0. The van der Waals surface area contributed by atoms with Gasteiger partial charge in [0, 0.05) is 12.4 Å². The number of fused-ring (bicyclic) bond motifs is 1. The van der Waals surface area contributed by atoms with Crippen LogP contribution >= 0.6 is 11.6 Å². The van der Waals surface area contributed by atoms with Gasteiger partial charge in [0.05, 0.1) is 22.8 Å². The van der Waals surface area contributed by atoms with Gasteiger partial charge in [0.15, 0.2) is 0 Å². The summed E-state index contributed by atoms with van der Waals surface area (Å²) in [6.07, 6.45) is 6.67. The molecule has 0 N–H and O–H groups in total. The van der Waals surface area contributed by atoms with Gasteiger partial charge in [-0.25, -0.2) is 19.4 Å². The molecule has 0 saturated carbocycles. The van der Waals surface area contributed by atoms with Crippen LogP contribution in [0.15, 0.2) is 61.4 Å². The highest BCUT2D eigenvalue weighted by Gasteiger charge is 2.09. The Bertz CT molecular complexity index is 1040. The van der Waals surface area contributed by atoms with Gasteiger partial charge in [-0.15, -0.1) is 0 Å². The maximum Gasteiger partial charge on any atom is 0.338 e. The molecule has 0 aliphatic carbocycles. The van der Waals surface area contributed by atoms with E-state index in [9.17, 15) is 4.79 Å². The maximum atomic E-state index is 12.2. The summed E-state index contributed by atoms with van der Waals surface area (Å²) in [4.78, 5) is 20.5. The number of esters is 1. The van der Waals surface area contributed by atoms with Gasteiger partial charge < -0.3 is 9.14 Å². The Morgan fingerprint density at radius 1 is 1.12 bits per heavy atom. The summed E-state index contributed by atoms with van der Waals surface area (Å²) < 4.78 is 8.85. The quantitative estimate of drug-likeness (QED) is 0.507. The van der Waals surface area contributed by atoms with Crippen LogP contribution in [-0.2, 0) is 17.9 Å². The minimum absolute atomic E-state index is 0.0961. The van der Waals surface area contributed by atoms with Crippen molar-refractivity contribution in [1.82, 2.24) is 24.1 Å². The van der Waals surface area contributed by atoms with Crippen LogP contribution in [0.3, 0.4) is 0 Å². The summed E-state index contributed by atoms with van der Waals surface area (Å²) >= 11 is 5.95. The predicted octanol–water partition coefficient (Wildman–Crippen LogP) is 2.98. The first-order valence-corrected chi connectivity index (χ1v) is 8.27. The van der Waals surface area contributed by atoms with Crippen LogP contribution in [0.5, 0.6) is 0 Å². The lowest BCUT2D eigenvalue weighted by Crippen LogP contribution is -2.06. The van der Waals surface area contributed by atoms with E-state index in [0.29, 0.717) is 22.8 Å². The van der Waals surface area contributed by atoms with Crippen LogP contribution < -0.4 is 0 Å². The molecule has 0 aliphatic heterocycles. The second-order valence-corrected chi connectivity index (χ2v) is 6.15. The van der Waals surface area contributed by atoms with E-state index in [1.807, 2.05) is 18.2 Å². The monoisotopic (exact) mass is 367 g/mol. The van der Waals surface area contributed by atoms with E-state index in [2.05, 4.69) is 15.1 Å². The number of ether oxygens (including phenoxy) is 1. The van der Waals surface area contributed by atoms with Crippen LogP contribution in [0.4, 0.5) is 0 Å². The number of carbonyl (C=O) groups is 1. The van der Waals surface area contributed by atoms with Crippen LogP contribution in [0, 0.1) is 0 Å². The number of carbonyl (C=O) groups excluding carboxylic acids is 1. The van der Waals surface area contributed by atoms with E-state index in [4.69, 9.17) is 16.3 Å². The van der Waals surface area contributed by atoms with Gasteiger partial charge in [-0.3, -0.25) is 0 Å². The van der Waals surface area contributed by atoms with Crippen LogP contribution in [-0.4, -0.2) is 30.1 Å². The molecule has 8 heteroatoms. The molecule has 4 aromatic rings. The number of rotatable bonds is 5. The van der Waals surface area contributed by atoms with Gasteiger partial charge in [0.1, 0.15) is 24.9 Å². The zero-order valence-corrected chi connectivity index (χ0v) is 14.4. The summed E-state index contributed by atoms with van der Waals surface area (Å²) in [5.74, 6) is -0.396. The predicted molar refractivity (Wildman–Crippen MR) is 94.9 cm³/mol. The zero-order valence-electron chi connectivity index (χ0n) is 13.6. The van der Waals surface area contributed by atoms with Crippen molar-refractivity contribution in [3.63, 3.8) is 0 Å². The number of hydrogen-bond acceptors (Lipinski definition) is 5. The van der Waals surface area contributed by atoms with Crippen LogP contribution in [0.2, 0.25) is 5.02 Å². The normalized spacial score (nSPS) is 11.0. The number of aromatic nitrogens is 5. The van der Waals surface area contributed by atoms with E-state index >= 15 is 0 Å². The van der Waals surface area contributed by atoms with Gasteiger partial charge in [0.2, 0.25) is 0 Å². The second kappa shape index (κ2) is 6.97. The molecule has 0 unspecified atom stereocenters. The van der Waals surface area contributed by atoms with Gasteiger partial charge >= 0.3 is 5.97 Å². The molecule has 4 rings (SSSR count). The summed E-state index contributed by atoms with van der Waals surface area (Å²) in [6.45, 7) is 0.692. The number of hydrogen-bond donors (Lipinski definition) is 0. The molecular weight excluding hydrogens is 354 g/mol. The van der Waals surface area contributed by atoms with Gasteiger partial charge in [-0.05, 0) is 29.8 Å². The van der Waals surface area contributed by atoms with Crippen molar-refractivity contribution < 1.29 is 9.53 Å². The third-order valence-corrected chi connectivity index (χ3v) is 4.04. The molecule has 0 spiro atoms. The highest BCUT2D eigenvalue weighted by Crippen LogP contribution is 2.13. The van der Waals surface area contributed by atoms with E-state index in [0.717, 1.165) is 11.2 Å². The fourth-order valence-electron chi connectivity index (χ4n) is 2.56. The number of pyridine rings is 1. The molecular formula is C18H14ClN5O2. The first-order chi connectivity index (χ1) is 12.7. The van der Waals surface area contributed by atoms with Crippen molar-refractivity contribution in [3.05, 3.63) is 83.3 Å². The average Bonchev–Trinajstić information content (AvgIpc) is 3.29. The van der Waals surface area contributed by atoms with Crippen molar-refractivity contribution in [2.45, 2.75) is 13.2 Å². The Balaban J connectivity index is 1.39. The largest absolute Gasteiger partial charge is 0.456 e. The molecule has 3 heterocycles. The molecule has 7 nitrogen and oxygen atoms in total. The maximum absolute atomic E-state index is 12.2. The second-order valence-electron chi connectivity index (χ2n) is 5.71. The molecule has 0 atom stereocenters. The summed E-state index contributed by atoms with van der Waals surface area (Å²) in [5.41, 5.74) is 2.91. The van der Waals surface area contributed by atoms with Gasteiger partial charge in [-0.2, -0.15) is 5.10 Å². The SMILES string of the molecule is O=C(OCc1cn2cc(Cl)ccc2n1)c1ccc(Cn2cncn2)cc1. The molecule has 26 heavy (non-hydrogen) atoms. The smallest absolute Gasteiger partial charge is 0.338 e. The number of halogens is 1. The van der Waals surface area contributed by atoms with E-state index in [1.54, 1.807) is 46.0 Å². The van der Waals surface area contributed by atoms with E-state index in [-0.39, 0.29) is 6.61 Å². The van der Waals surface area contributed by atoms with Crippen molar-refractivity contribution >= 4 is 23.2 Å². The zero-order chi connectivity index (χ0) is 17.9. The first kappa shape index (κ1) is 16.3. The lowest BCUT2D eigenvalue weighted by molar-refractivity contribution is 0.0468. The lowest BCUT2D eigenvalue weighted by Gasteiger charge is -2.05. The minimum Gasteiger partial charge on any atom is -0.456 e. The van der Waals surface area contributed by atoms with E-state index in [1.165, 1.54) is 6.33 Å². The van der Waals surface area contributed by atoms with Crippen molar-refractivity contribution in [2.24, 2.45) is 0 Å². The third kappa shape index (κ3) is 3.57. The number of imidazole rings is 1. The topological polar surface area (TPSA) is 74.3 Å². The number of nitrogens with zero attached hydrogens (tertiary/aromatic N) is 5. The van der Waals surface area contributed by atoms with Crippen molar-refractivity contribution in [2.75, 3.05) is 0 Å². The molecule has 1 aromatic carbocycles. The fraction of sp³-hybridized carbons (Fsp3) is 0.111. The van der Waals surface area contributed by atoms with Crippen molar-refractivity contribution in [3.8, 4) is 0 Å². The molecule has 130 valence electrons. The Hall–Kier alpha value is -3.19. The highest BCUT2D eigenvalue weighted by molar-refractivity contribution is 6.30. The Kier molecular flexibility index (Phi) is 4.37. The Morgan fingerprint density at radius 2 is 1.96 bits per heavy atom. The average molecular weight is 368 g/mol. The van der Waals surface area contributed by atoms with Crippen LogP contribution in [0.1, 0.15) is 21.6 Å². The van der Waals surface area contributed by atoms with Gasteiger partial charge in [-0.1, -0.05) is 23.7 Å². The standard InChI is InChI=1S/C18H14ClN5O2/c19-15-5-6-17-22-16(9-23(17)8-15)10-26-18(25)14-3-1-13(2-4-14)7-24-12-20-11-21-24/h1-6,8-9,11-12H,7,10H2. The fourth-order valence-corrected chi connectivity index (χ4v) is 2.73. The Labute approximate surface area is 153 Å². The Morgan fingerprint density at radius 3 is 2.73 bits per heavy atom. The van der Waals surface area contributed by atoms with E-state index < -0.39 is 5.97 Å². The molecule has 3 aromatic heterocycles. The molecule has 0 amide bonds. The number of benzene rings is 1. The molecule has 0 aliphatic rings. The summed E-state index contributed by atoms with van der Waals surface area (Å²) in [6, 6.07) is 10.8. The third-order valence-electron chi connectivity index (χ3n) is 3.82. The minimum atomic E-state index is -0.396. The first-order valence-electron chi connectivity index (χ1n) is 7.89. The molecule has 0 radical (unpaired) electrons. The van der Waals surface area contributed by atoms with Crippen LogP contribution in [0.25, 0.3) is 5.65 Å². The highest BCUT2D eigenvalue weighted by atomic mass is 35.5. The summed E-state index contributed by atoms with van der Waals surface area (Å²) in [5, 5.41) is 4.67. The molecule has 0 saturated heterocycles. The lowest BCUT2D eigenvalue weighted by atomic mass is 10.1. The van der Waals surface area contributed by atoms with Crippen molar-refractivity contribution in [1.29, 1.82) is 0 Å².